The second kappa shape index (κ2) is 8.71. The minimum absolute atomic E-state index is 0.0377. The molecule has 28 heavy (non-hydrogen) atoms. The van der Waals surface area contributed by atoms with Crippen molar-refractivity contribution in [2.45, 2.75) is 0 Å². The molecule has 2 heterocycles. The monoisotopic (exact) mass is 380 g/mol. The average molecular weight is 380 g/mol. The molecule has 0 spiro atoms. The van der Waals surface area contributed by atoms with Crippen molar-refractivity contribution in [3.05, 3.63) is 58.9 Å². The molecular formula is C22H24N2O4. The van der Waals surface area contributed by atoms with Crippen molar-refractivity contribution in [1.82, 2.24) is 9.88 Å². The smallest absolute Gasteiger partial charge is 0.203 e. The maximum atomic E-state index is 13.0. The summed E-state index contributed by atoms with van der Waals surface area (Å²) in [5.41, 5.74) is 3.17. The molecule has 1 fully saturated rings. The fourth-order valence-corrected chi connectivity index (χ4v) is 3.26. The van der Waals surface area contributed by atoms with Crippen molar-refractivity contribution in [3.8, 4) is 17.2 Å². The van der Waals surface area contributed by atoms with E-state index in [0.29, 0.717) is 35.9 Å². The quantitative estimate of drug-likeness (QED) is 0.743. The molecule has 0 unspecified atom stereocenters. The molecule has 3 rings (SSSR count). The Bertz CT molecular complexity index is 894. The van der Waals surface area contributed by atoms with E-state index in [0.717, 1.165) is 16.7 Å². The first-order chi connectivity index (χ1) is 13.5. The van der Waals surface area contributed by atoms with E-state index in [4.69, 9.17) is 14.2 Å². The van der Waals surface area contributed by atoms with Crippen LogP contribution in [0.3, 0.4) is 0 Å². The van der Waals surface area contributed by atoms with Crippen LogP contribution >= 0.6 is 0 Å². The Morgan fingerprint density at radius 1 is 0.964 bits per heavy atom. The lowest BCUT2D eigenvalue weighted by Gasteiger charge is -2.26. The molecule has 6 heteroatoms. The molecule has 0 radical (unpaired) electrons. The van der Waals surface area contributed by atoms with Crippen molar-refractivity contribution in [3.63, 3.8) is 0 Å². The summed E-state index contributed by atoms with van der Waals surface area (Å²) in [5.74, 6) is 1.67. The first-order valence-corrected chi connectivity index (χ1v) is 8.90. The van der Waals surface area contributed by atoms with Crippen LogP contribution in [0.25, 0.3) is 12.2 Å². The van der Waals surface area contributed by atoms with E-state index >= 15 is 0 Å². The predicted octanol–water partition coefficient (Wildman–Crippen LogP) is 3.09. The number of Topliss-reactive ketones (excluding diaryl/α,β-unsaturated/α-hetero) is 1. The SMILES string of the molecule is COc1cc(/C=C2\CN(C)C/C(=C\c3cccnc3)C2=O)cc(OC)c1OC. The lowest BCUT2D eigenvalue weighted by atomic mass is 9.94. The number of carbonyl (C=O) groups excluding carboxylic acids is 1. The number of likely N-dealkylation sites (N-methyl/N-ethyl adjacent to an activating group) is 1. The summed E-state index contributed by atoms with van der Waals surface area (Å²) in [5, 5.41) is 0. The van der Waals surface area contributed by atoms with E-state index in [1.165, 1.54) is 0 Å². The number of piperidine rings is 1. The molecule has 6 nitrogen and oxygen atoms in total. The van der Waals surface area contributed by atoms with Gasteiger partial charge < -0.3 is 14.2 Å². The van der Waals surface area contributed by atoms with Gasteiger partial charge in [0.05, 0.1) is 21.3 Å². The number of hydrogen-bond acceptors (Lipinski definition) is 6. The average Bonchev–Trinajstić information content (AvgIpc) is 2.71. The summed E-state index contributed by atoms with van der Waals surface area (Å²) in [6.45, 7) is 1.17. The van der Waals surface area contributed by atoms with Gasteiger partial charge in [-0.05, 0) is 48.5 Å². The Kier molecular flexibility index (Phi) is 6.11. The maximum Gasteiger partial charge on any atom is 0.203 e. The molecule has 1 saturated heterocycles. The van der Waals surface area contributed by atoms with Crippen molar-refractivity contribution in [2.75, 3.05) is 41.5 Å². The van der Waals surface area contributed by atoms with Crippen LogP contribution in [0.2, 0.25) is 0 Å². The summed E-state index contributed by atoms with van der Waals surface area (Å²) in [6.07, 6.45) is 7.23. The van der Waals surface area contributed by atoms with Gasteiger partial charge in [-0.3, -0.25) is 14.7 Å². The number of aromatic nitrogens is 1. The second-order valence-corrected chi connectivity index (χ2v) is 6.59. The Morgan fingerprint density at radius 2 is 1.57 bits per heavy atom. The molecule has 0 saturated carbocycles. The van der Waals surface area contributed by atoms with Crippen LogP contribution in [0, 0.1) is 0 Å². The molecule has 2 aromatic rings. The van der Waals surface area contributed by atoms with Gasteiger partial charge in [-0.25, -0.2) is 0 Å². The molecule has 0 atom stereocenters. The molecule has 0 aliphatic carbocycles. The standard InChI is InChI=1S/C22H24N2O4/c1-24-13-17(8-15-6-5-7-23-12-15)21(25)18(14-24)9-16-10-19(26-2)22(28-4)20(11-16)27-3/h5-12H,13-14H2,1-4H3/b17-8+,18-9+. The summed E-state index contributed by atoms with van der Waals surface area (Å²) < 4.78 is 16.2. The van der Waals surface area contributed by atoms with Crippen LogP contribution in [0.1, 0.15) is 11.1 Å². The van der Waals surface area contributed by atoms with Gasteiger partial charge in [-0.2, -0.15) is 0 Å². The van der Waals surface area contributed by atoms with E-state index < -0.39 is 0 Å². The normalized spacial score (nSPS) is 17.8. The topological polar surface area (TPSA) is 60.9 Å². The highest BCUT2D eigenvalue weighted by molar-refractivity contribution is 6.14. The Morgan fingerprint density at radius 3 is 2.07 bits per heavy atom. The third-order valence-corrected chi connectivity index (χ3v) is 4.52. The summed E-state index contributed by atoms with van der Waals surface area (Å²) in [6, 6.07) is 7.46. The number of methoxy groups -OCH3 is 3. The largest absolute Gasteiger partial charge is 0.493 e. The van der Waals surface area contributed by atoms with Crippen LogP contribution in [-0.4, -0.2) is 57.1 Å². The van der Waals surface area contributed by atoms with Crippen molar-refractivity contribution in [1.29, 1.82) is 0 Å². The van der Waals surface area contributed by atoms with Gasteiger partial charge >= 0.3 is 0 Å². The van der Waals surface area contributed by atoms with Crippen LogP contribution in [0.5, 0.6) is 17.2 Å². The molecule has 0 amide bonds. The molecule has 1 aromatic heterocycles. The summed E-state index contributed by atoms with van der Waals surface area (Å²) in [4.78, 5) is 19.3. The number of nitrogens with zero attached hydrogens (tertiary/aromatic N) is 2. The Balaban J connectivity index is 1.99. The van der Waals surface area contributed by atoms with Crippen LogP contribution in [0.4, 0.5) is 0 Å². The maximum absolute atomic E-state index is 13.0. The third kappa shape index (κ3) is 4.23. The zero-order chi connectivity index (χ0) is 20.1. The zero-order valence-corrected chi connectivity index (χ0v) is 16.6. The number of carbonyl (C=O) groups is 1. The van der Waals surface area contributed by atoms with Gasteiger partial charge in [0.15, 0.2) is 17.3 Å². The van der Waals surface area contributed by atoms with Gasteiger partial charge in [0.1, 0.15) is 0 Å². The van der Waals surface area contributed by atoms with E-state index in [1.54, 1.807) is 33.7 Å². The first-order valence-electron chi connectivity index (χ1n) is 8.90. The van der Waals surface area contributed by atoms with Gasteiger partial charge in [-0.15, -0.1) is 0 Å². The molecule has 0 bridgehead atoms. The summed E-state index contributed by atoms with van der Waals surface area (Å²) in [7, 11) is 6.70. The lowest BCUT2D eigenvalue weighted by Crippen LogP contribution is -2.34. The highest BCUT2D eigenvalue weighted by atomic mass is 16.5. The van der Waals surface area contributed by atoms with E-state index in [9.17, 15) is 4.79 Å². The fraction of sp³-hybridized carbons (Fsp3) is 0.273. The van der Waals surface area contributed by atoms with E-state index in [1.807, 2.05) is 43.5 Å². The Labute approximate surface area is 165 Å². The predicted molar refractivity (Wildman–Crippen MR) is 109 cm³/mol. The van der Waals surface area contributed by atoms with Crippen LogP contribution in [0.15, 0.2) is 47.8 Å². The molecule has 1 aliphatic rings. The number of rotatable bonds is 5. The second-order valence-electron chi connectivity index (χ2n) is 6.59. The number of benzene rings is 1. The van der Waals surface area contributed by atoms with E-state index in [2.05, 4.69) is 9.88 Å². The molecular weight excluding hydrogens is 356 g/mol. The number of pyridine rings is 1. The number of likely N-dealkylation sites (tertiary alicyclic amines) is 1. The molecule has 146 valence electrons. The minimum Gasteiger partial charge on any atom is -0.493 e. The third-order valence-electron chi connectivity index (χ3n) is 4.52. The van der Waals surface area contributed by atoms with Crippen LogP contribution in [-0.2, 0) is 4.79 Å². The van der Waals surface area contributed by atoms with Crippen molar-refractivity contribution in [2.24, 2.45) is 0 Å². The number of hydrogen-bond donors (Lipinski definition) is 0. The van der Waals surface area contributed by atoms with Gasteiger partial charge in [0, 0.05) is 36.6 Å². The number of ketones is 1. The fourth-order valence-electron chi connectivity index (χ4n) is 3.26. The van der Waals surface area contributed by atoms with Crippen LogP contribution < -0.4 is 14.2 Å². The zero-order valence-electron chi connectivity index (χ0n) is 16.6. The minimum atomic E-state index is 0.0377. The van der Waals surface area contributed by atoms with Gasteiger partial charge in [0.2, 0.25) is 5.75 Å². The highest BCUT2D eigenvalue weighted by Crippen LogP contribution is 2.39. The lowest BCUT2D eigenvalue weighted by molar-refractivity contribution is -0.113. The number of ether oxygens (including phenoxy) is 3. The molecule has 1 aliphatic heterocycles. The molecule has 1 aromatic carbocycles. The van der Waals surface area contributed by atoms with Gasteiger partial charge in [0.25, 0.3) is 0 Å². The first kappa shape index (κ1) is 19.6. The highest BCUT2D eigenvalue weighted by Gasteiger charge is 2.24. The molecule has 0 N–H and O–H groups in total. The van der Waals surface area contributed by atoms with Gasteiger partial charge in [-0.1, -0.05) is 6.07 Å². The summed E-state index contributed by atoms with van der Waals surface area (Å²) >= 11 is 0. The van der Waals surface area contributed by atoms with Crippen molar-refractivity contribution < 1.29 is 19.0 Å². The van der Waals surface area contributed by atoms with E-state index in [-0.39, 0.29) is 5.78 Å². The Hall–Kier alpha value is -3.12. The van der Waals surface area contributed by atoms with Crippen molar-refractivity contribution >= 4 is 17.9 Å².